The molecule has 0 unspecified atom stereocenters. The van der Waals surface area contributed by atoms with Crippen molar-refractivity contribution in [2.45, 2.75) is 13.1 Å². The largest absolute Gasteiger partial charge is 0.332 e. The lowest BCUT2D eigenvalue weighted by molar-refractivity contribution is 0.665. The summed E-state index contributed by atoms with van der Waals surface area (Å²) in [5, 5.41) is 0. The van der Waals surface area contributed by atoms with Gasteiger partial charge in [-0.05, 0) is 11.1 Å². The fourth-order valence-electron chi connectivity index (χ4n) is 3.11. The zero-order valence-electron chi connectivity index (χ0n) is 14.4. The van der Waals surface area contributed by atoms with E-state index in [1.807, 2.05) is 60.7 Å². The molecular weight excluding hydrogens is 328 g/mol. The second-order valence-corrected chi connectivity index (χ2v) is 6.25. The van der Waals surface area contributed by atoms with E-state index in [1.54, 1.807) is 15.5 Å². The molecule has 0 bridgehead atoms. The first-order valence-electron chi connectivity index (χ1n) is 8.37. The quantitative estimate of drug-likeness (QED) is 0.568. The van der Waals surface area contributed by atoms with E-state index in [-0.39, 0.29) is 11.2 Å². The van der Waals surface area contributed by atoms with Crippen molar-refractivity contribution in [3.05, 3.63) is 99.0 Å². The van der Waals surface area contributed by atoms with E-state index in [0.29, 0.717) is 24.3 Å². The third kappa shape index (κ3) is 2.75. The summed E-state index contributed by atoms with van der Waals surface area (Å²) >= 11 is 0. The Hall–Kier alpha value is -3.41. The number of imidazole rings is 1. The first kappa shape index (κ1) is 16.1. The van der Waals surface area contributed by atoms with Crippen molar-refractivity contribution in [1.82, 2.24) is 18.7 Å². The van der Waals surface area contributed by atoms with E-state index >= 15 is 0 Å². The molecule has 0 aliphatic carbocycles. The van der Waals surface area contributed by atoms with E-state index in [4.69, 9.17) is 0 Å². The van der Waals surface area contributed by atoms with Crippen LogP contribution in [0.25, 0.3) is 11.2 Å². The molecule has 0 saturated carbocycles. The first-order valence-corrected chi connectivity index (χ1v) is 8.37. The van der Waals surface area contributed by atoms with Gasteiger partial charge in [-0.3, -0.25) is 13.9 Å². The highest BCUT2D eigenvalue weighted by atomic mass is 16.2. The second kappa shape index (κ2) is 6.48. The molecular formula is C20H18N4O2. The molecule has 0 amide bonds. The van der Waals surface area contributed by atoms with E-state index in [2.05, 4.69) is 4.98 Å². The lowest BCUT2D eigenvalue weighted by Gasteiger charge is -2.10. The Kier molecular flexibility index (Phi) is 4.01. The third-order valence-electron chi connectivity index (χ3n) is 4.48. The van der Waals surface area contributed by atoms with Gasteiger partial charge in [0.15, 0.2) is 11.2 Å². The summed E-state index contributed by atoms with van der Waals surface area (Å²) < 4.78 is 4.50. The van der Waals surface area contributed by atoms with Gasteiger partial charge in [-0.25, -0.2) is 9.78 Å². The molecule has 0 aliphatic rings. The molecule has 4 aromatic rings. The van der Waals surface area contributed by atoms with Gasteiger partial charge in [0.05, 0.1) is 12.9 Å². The maximum absolute atomic E-state index is 12.7. The summed E-state index contributed by atoms with van der Waals surface area (Å²) in [7, 11) is 1.51. The van der Waals surface area contributed by atoms with Crippen molar-refractivity contribution in [3.8, 4) is 0 Å². The number of rotatable bonds is 4. The van der Waals surface area contributed by atoms with Crippen molar-refractivity contribution in [2.75, 3.05) is 0 Å². The molecule has 4 rings (SSSR count). The maximum atomic E-state index is 12.7. The van der Waals surface area contributed by atoms with Crippen LogP contribution in [0.15, 0.2) is 76.6 Å². The van der Waals surface area contributed by atoms with Crippen molar-refractivity contribution in [2.24, 2.45) is 7.05 Å². The molecule has 0 fully saturated rings. The minimum atomic E-state index is -0.365. The Morgan fingerprint density at radius 2 is 1.42 bits per heavy atom. The van der Waals surface area contributed by atoms with E-state index in [0.717, 1.165) is 15.7 Å². The van der Waals surface area contributed by atoms with Gasteiger partial charge in [-0.1, -0.05) is 60.7 Å². The monoisotopic (exact) mass is 346 g/mol. The molecule has 0 N–H and O–H groups in total. The molecule has 2 heterocycles. The lowest BCUT2D eigenvalue weighted by atomic mass is 10.2. The minimum Gasteiger partial charge on any atom is -0.320 e. The number of hydrogen-bond acceptors (Lipinski definition) is 3. The number of hydrogen-bond donors (Lipinski definition) is 0. The van der Waals surface area contributed by atoms with Crippen LogP contribution in [0.4, 0.5) is 0 Å². The van der Waals surface area contributed by atoms with Gasteiger partial charge in [0, 0.05) is 13.6 Å². The molecule has 2 aromatic carbocycles. The van der Waals surface area contributed by atoms with Gasteiger partial charge >= 0.3 is 5.69 Å². The van der Waals surface area contributed by atoms with Gasteiger partial charge in [0.25, 0.3) is 5.56 Å². The van der Waals surface area contributed by atoms with Gasteiger partial charge in [0.2, 0.25) is 0 Å². The van der Waals surface area contributed by atoms with Crippen LogP contribution >= 0.6 is 0 Å². The van der Waals surface area contributed by atoms with Crippen LogP contribution in [0.1, 0.15) is 11.1 Å². The normalized spacial score (nSPS) is 11.1. The number of fused-ring (bicyclic) bond motifs is 1. The highest BCUT2D eigenvalue weighted by molar-refractivity contribution is 5.70. The first-order chi connectivity index (χ1) is 12.6. The van der Waals surface area contributed by atoms with Crippen LogP contribution in [-0.2, 0) is 20.1 Å². The minimum absolute atomic E-state index is 0.331. The molecule has 6 heteroatoms. The number of benzene rings is 2. The smallest absolute Gasteiger partial charge is 0.320 e. The molecule has 2 aromatic heterocycles. The summed E-state index contributed by atoms with van der Waals surface area (Å²) in [6, 6.07) is 19.5. The van der Waals surface area contributed by atoms with Crippen LogP contribution in [0.5, 0.6) is 0 Å². The molecule has 0 saturated heterocycles. The Balaban J connectivity index is 1.88. The van der Waals surface area contributed by atoms with Crippen molar-refractivity contribution >= 4 is 11.2 Å². The second-order valence-electron chi connectivity index (χ2n) is 6.25. The molecule has 0 radical (unpaired) electrons. The molecule has 0 spiro atoms. The van der Waals surface area contributed by atoms with E-state index in [9.17, 15) is 9.59 Å². The van der Waals surface area contributed by atoms with Gasteiger partial charge in [-0.2, -0.15) is 0 Å². The Bertz CT molecular complexity index is 1170. The number of aromatic nitrogens is 4. The summed E-state index contributed by atoms with van der Waals surface area (Å²) in [5.74, 6) is 0. The van der Waals surface area contributed by atoms with Gasteiger partial charge in [0.1, 0.15) is 0 Å². The SMILES string of the molecule is Cn1c(=O)c2c(ncn2Cc2ccccc2)n(Cc2ccccc2)c1=O. The lowest BCUT2D eigenvalue weighted by Crippen LogP contribution is -2.39. The Morgan fingerprint density at radius 1 is 0.846 bits per heavy atom. The summed E-state index contributed by atoms with van der Waals surface area (Å²) in [6.45, 7) is 0.892. The van der Waals surface area contributed by atoms with Gasteiger partial charge in [-0.15, -0.1) is 0 Å². The van der Waals surface area contributed by atoms with Crippen LogP contribution in [-0.4, -0.2) is 18.7 Å². The van der Waals surface area contributed by atoms with Crippen molar-refractivity contribution < 1.29 is 0 Å². The molecule has 130 valence electrons. The standard InChI is InChI=1S/C20H18N4O2/c1-22-19(25)17-18(21-14-23(17)12-15-8-4-2-5-9-15)24(20(22)26)13-16-10-6-3-7-11-16/h2-11,14H,12-13H2,1H3. The van der Waals surface area contributed by atoms with E-state index < -0.39 is 0 Å². The van der Waals surface area contributed by atoms with Crippen LogP contribution in [0, 0.1) is 0 Å². The molecule has 0 aliphatic heterocycles. The Labute approximate surface area is 149 Å². The van der Waals surface area contributed by atoms with Gasteiger partial charge < -0.3 is 4.57 Å². The highest BCUT2D eigenvalue weighted by Gasteiger charge is 2.16. The maximum Gasteiger partial charge on any atom is 0.332 e. The summed E-state index contributed by atoms with van der Waals surface area (Å²) in [6.07, 6.45) is 1.62. The zero-order chi connectivity index (χ0) is 18.1. The third-order valence-corrected chi connectivity index (χ3v) is 4.48. The summed E-state index contributed by atoms with van der Waals surface area (Å²) in [4.78, 5) is 29.8. The fourth-order valence-corrected chi connectivity index (χ4v) is 3.11. The summed E-state index contributed by atoms with van der Waals surface area (Å²) in [5.41, 5.74) is 2.20. The Morgan fingerprint density at radius 3 is 2.04 bits per heavy atom. The topological polar surface area (TPSA) is 61.8 Å². The van der Waals surface area contributed by atoms with Crippen molar-refractivity contribution in [1.29, 1.82) is 0 Å². The van der Waals surface area contributed by atoms with E-state index in [1.165, 1.54) is 7.05 Å². The average molecular weight is 346 g/mol. The van der Waals surface area contributed by atoms with Crippen molar-refractivity contribution in [3.63, 3.8) is 0 Å². The molecule has 6 nitrogen and oxygen atoms in total. The zero-order valence-corrected chi connectivity index (χ0v) is 14.4. The van der Waals surface area contributed by atoms with Crippen LogP contribution in [0.2, 0.25) is 0 Å². The highest BCUT2D eigenvalue weighted by Crippen LogP contribution is 2.11. The predicted molar refractivity (Wildman–Crippen MR) is 100 cm³/mol. The molecule has 0 atom stereocenters. The predicted octanol–water partition coefficient (Wildman–Crippen LogP) is 1.99. The van der Waals surface area contributed by atoms with Crippen LogP contribution in [0.3, 0.4) is 0 Å². The number of nitrogens with zero attached hydrogens (tertiary/aromatic N) is 4. The fraction of sp³-hybridized carbons (Fsp3) is 0.150. The van der Waals surface area contributed by atoms with Crippen LogP contribution < -0.4 is 11.2 Å². The molecule has 26 heavy (non-hydrogen) atoms. The average Bonchev–Trinajstić information content (AvgIpc) is 3.08.